The van der Waals surface area contributed by atoms with E-state index in [1.165, 1.54) is 19.3 Å². The highest BCUT2D eigenvalue weighted by molar-refractivity contribution is 6.07. The number of aromatic nitrogens is 3. The summed E-state index contributed by atoms with van der Waals surface area (Å²) in [5.41, 5.74) is 4.43. The quantitative estimate of drug-likeness (QED) is 0.697. The van der Waals surface area contributed by atoms with E-state index in [4.69, 9.17) is 4.98 Å². The fraction of sp³-hybridized carbons (Fsp3) is 0.480. The molecule has 4 fully saturated rings. The fourth-order valence-electron chi connectivity index (χ4n) is 6.82. The summed E-state index contributed by atoms with van der Waals surface area (Å²) in [5, 5.41) is 8.84. The SMILES string of the molecule is Cc1c(-c2cc(C(=O)NC34CC5CC(CC(C5)C3)C4)c3ccccc3n2)cnn1C. The standard InChI is InChI=1S/C25H28N4O/c1-15-21(14-26-29(15)2)23-10-20(19-5-3-4-6-22(19)27-23)24(30)28-25-11-16-7-17(12-25)9-18(8-16)13-25/h3-6,10,14,16-18H,7-9,11-13H2,1-2H3,(H,28,30). The molecule has 1 N–H and O–H groups in total. The summed E-state index contributed by atoms with van der Waals surface area (Å²) in [4.78, 5) is 18.5. The maximum atomic E-state index is 13.7. The average Bonchev–Trinajstić information content (AvgIpc) is 3.04. The Hall–Kier alpha value is -2.69. The van der Waals surface area contributed by atoms with Gasteiger partial charge in [0.1, 0.15) is 0 Å². The van der Waals surface area contributed by atoms with Crippen LogP contribution in [0.5, 0.6) is 0 Å². The Morgan fingerprint density at radius 2 is 1.77 bits per heavy atom. The van der Waals surface area contributed by atoms with Gasteiger partial charge in [-0.25, -0.2) is 4.98 Å². The third-order valence-electron chi connectivity index (χ3n) is 7.89. The minimum absolute atomic E-state index is 0.000585. The van der Waals surface area contributed by atoms with Crippen LogP contribution in [0.3, 0.4) is 0 Å². The Morgan fingerprint density at radius 3 is 2.40 bits per heavy atom. The van der Waals surface area contributed by atoms with E-state index in [1.54, 1.807) is 0 Å². The first-order valence-electron chi connectivity index (χ1n) is 11.2. The van der Waals surface area contributed by atoms with Crippen molar-refractivity contribution in [1.82, 2.24) is 20.1 Å². The molecule has 1 aromatic carbocycles. The number of benzene rings is 1. The molecule has 5 nitrogen and oxygen atoms in total. The normalized spacial score (nSPS) is 29.5. The van der Waals surface area contributed by atoms with Crippen LogP contribution in [0.25, 0.3) is 22.2 Å². The fourth-order valence-corrected chi connectivity index (χ4v) is 6.82. The highest BCUT2D eigenvalue weighted by Crippen LogP contribution is 2.55. The van der Waals surface area contributed by atoms with Crippen LogP contribution in [0.1, 0.15) is 54.6 Å². The average molecular weight is 401 g/mol. The number of aryl methyl sites for hydroxylation is 1. The third kappa shape index (κ3) is 2.78. The van der Waals surface area contributed by atoms with Crippen LogP contribution in [0.4, 0.5) is 0 Å². The summed E-state index contributed by atoms with van der Waals surface area (Å²) >= 11 is 0. The third-order valence-corrected chi connectivity index (χ3v) is 7.89. The predicted molar refractivity (Wildman–Crippen MR) is 117 cm³/mol. The van der Waals surface area contributed by atoms with Crippen LogP contribution in [0.15, 0.2) is 36.5 Å². The molecule has 5 heteroatoms. The van der Waals surface area contributed by atoms with E-state index < -0.39 is 0 Å². The van der Waals surface area contributed by atoms with Crippen molar-refractivity contribution in [1.29, 1.82) is 0 Å². The zero-order valence-electron chi connectivity index (χ0n) is 17.7. The first-order chi connectivity index (χ1) is 14.5. The molecule has 7 rings (SSSR count). The molecule has 0 aliphatic heterocycles. The summed E-state index contributed by atoms with van der Waals surface area (Å²) < 4.78 is 1.85. The summed E-state index contributed by atoms with van der Waals surface area (Å²) in [6.07, 6.45) is 9.42. The molecule has 0 unspecified atom stereocenters. The number of amides is 1. The van der Waals surface area contributed by atoms with E-state index in [1.807, 2.05) is 55.2 Å². The van der Waals surface area contributed by atoms with Gasteiger partial charge in [-0.1, -0.05) is 18.2 Å². The minimum atomic E-state index is 0.000585. The second kappa shape index (κ2) is 6.40. The molecule has 1 amide bonds. The Kier molecular flexibility index (Phi) is 3.86. The number of carbonyl (C=O) groups excluding carboxylic acids is 1. The molecular weight excluding hydrogens is 372 g/mol. The van der Waals surface area contributed by atoms with Gasteiger partial charge in [0.05, 0.1) is 23.0 Å². The van der Waals surface area contributed by atoms with E-state index in [-0.39, 0.29) is 11.4 Å². The van der Waals surface area contributed by atoms with Gasteiger partial charge in [-0.15, -0.1) is 0 Å². The highest BCUT2D eigenvalue weighted by Gasteiger charge is 2.51. The summed E-state index contributed by atoms with van der Waals surface area (Å²) in [7, 11) is 1.93. The second-order valence-electron chi connectivity index (χ2n) is 9.99. The molecule has 0 atom stereocenters. The monoisotopic (exact) mass is 400 g/mol. The van der Waals surface area contributed by atoms with E-state index in [2.05, 4.69) is 10.4 Å². The van der Waals surface area contributed by atoms with Crippen molar-refractivity contribution < 1.29 is 4.79 Å². The van der Waals surface area contributed by atoms with Gasteiger partial charge in [0, 0.05) is 29.2 Å². The zero-order valence-corrected chi connectivity index (χ0v) is 17.7. The van der Waals surface area contributed by atoms with Crippen LogP contribution < -0.4 is 5.32 Å². The number of nitrogens with zero attached hydrogens (tertiary/aromatic N) is 3. The minimum Gasteiger partial charge on any atom is -0.347 e. The first-order valence-corrected chi connectivity index (χ1v) is 11.2. The number of hydrogen-bond acceptors (Lipinski definition) is 3. The van der Waals surface area contributed by atoms with Crippen molar-refractivity contribution in [3.63, 3.8) is 0 Å². The molecule has 30 heavy (non-hydrogen) atoms. The Balaban J connectivity index is 1.41. The van der Waals surface area contributed by atoms with Crippen LogP contribution in [-0.2, 0) is 7.05 Å². The number of carbonyl (C=O) groups is 1. The van der Waals surface area contributed by atoms with Gasteiger partial charge < -0.3 is 5.32 Å². The molecular formula is C25H28N4O. The van der Waals surface area contributed by atoms with Gasteiger partial charge in [0.15, 0.2) is 0 Å². The molecule has 2 heterocycles. The molecule has 4 saturated carbocycles. The van der Waals surface area contributed by atoms with Gasteiger partial charge in [-0.05, 0) is 75.3 Å². The lowest BCUT2D eigenvalue weighted by atomic mass is 9.53. The predicted octanol–water partition coefficient (Wildman–Crippen LogP) is 4.64. The number of rotatable bonds is 3. The lowest BCUT2D eigenvalue weighted by Gasteiger charge is -2.56. The second-order valence-corrected chi connectivity index (χ2v) is 9.99. The summed E-state index contributed by atoms with van der Waals surface area (Å²) in [6, 6.07) is 9.93. The molecule has 4 bridgehead atoms. The first kappa shape index (κ1) is 18.1. The molecule has 2 aromatic heterocycles. The van der Waals surface area contributed by atoms with E-state index in [0.717, 1.165) is 70.4 Å². The van der Waals surface area contributed by atoms with Crippen LogP contribution >= 0.6 is 0 Å². The lowest BCUT2D eigenvalue weighted by Crippen LogP contribution is -2.59. The zero-order chi connectivity index (χ0) is 20.5. The van der Waals surface area contributed by atoms with Crippen LogP contribution in [0, 0.1) is 24.7 Å². The van der Waals surface area contributed by atoms with Gasteiger partial charge in [-0.3, -0.25) is 9.48 Å². The maximum absolute atomic E-state index is 13.7. The topological polar surface area (TPSA) is 59.8 Å². The molecule has 154 valence electrons. The molecule has 3 aromatic rings. The van der Waals surface area contributed by atoms with E-state index in [0.29, 0.717) is 0 Å². The lowest BCUT2D eigenvalue weighted by molar-refractivity contribution is -0.0166. The van der Waals surface area contributed by atoms with Gasteiger partial charge in [0.25, 0.3) is 5.91 Å². The van der Waals surface area contributed by atoms with Crippen molar-refractivity contribution >= 4 is 16.8 Å². The number of pyridine rings is 1. The van der Waals surface area contributed by atoms with E-state index >= 15 is 0 Å². The van der Waals surface area contributed by atoms with Crippen molar-refractivity contribution in [2.24, 2.45) is 24.8 Å². The van der Waals surface area contributed by atoms with Gasteiger partial charge in [-0.2, -0.15) is 5.10 Å². The molecule has 0 radical (unpaired) electrons. The Bertz CT molecular complexity index is 1130. The number of nitrogens with one attached hydrogen (secondary N) is 1. The van der Waals surface area contributed by atoms with E-state index in [9.17, 15) is 4.79 Å². The summed E-state index contributed by atoms with van der Waals surface area (Å²) in [6.45, 7) is 2.04. The van der Waals surface area contributed by atoms with Crippen molar-refractivity contribution in [3.8, 4) is 11.3 Å². The largest absolute Gasteiger partial charge is 0.347 e. The number of fused-ring (bicyclic) bond motifs is 1. The smallest absolute Gasteiger partial charge is 0.252 e. The number of para-hydroxylation sites is 1. The van der Waals surface area contributed by atoms with Crippen molar-refractivity contribution in [2.45, 2.75) is 51.0 Å². The Labute approximate surface area is 176 Å². The van der Waals surface area contributed by atoms with Gasteiger partial charge in [0.2, 0.25) is 0 Å². The van der Waals surface area contributed by atoms with Crippen LogP contribution in [0.2, 0.25) is 0 Å². The summed E-state index contributed by atoms with van der Waals surface area (Å²) in [5.74, 6) is 2.47. The number of hydrogen-bond donors (Lipinski definition) is 1. The molecule has 4 aliphatic carbocycles. The Morgan fingerprint density at radius 1 is 1.10 bits per heavy atom. The highest BCUT2D eigenvalue weighted by atomic mass is 16.1. The van der Waals surface area contributed by atoms with Crippen molar-refractivity contribution in [3.05, 3.63) is 47.8 Å². The van der Waals surface area contributed by atoms with Crippen molar-refractivity contribution in [2.75, 3.05) is 0 Å². The van der Waals surface area contributed by atoms with Gasteiger partial charge >= 0.3 is 0 Å². The maximum Gasteiger partial charge on any atom is 0.252 e. The molecule has 4 aliphatic rings. The molecule has 0 spiro atoms. The molecule has 0 saturated heterocycles. The van der Waals surface area contributed by atoms with Crippen LogP contribution in [-0.4, -0.2) is 26.2 Å².